The Morgan fingerprint density at radius 3 is 2.86 bits per heavy atom. The number of aromatic carboxylic acids is 1. The number of halogens is 1. The van der Waals surface area contributed by atoms with Crippen molar-refractivity contribution in [3.63, 3.8) is 0 Å². The van der Waals surface area contributed by atoms with Crippen molar-refractivity contribution in [2.24, 2.45) is 0 Å². The first-order valence-corrected chi connectivity index (χ1v) is 6.95. The lowest BCUT2D eigenvalue weighted by molar-refractivity contribution is -0.113. The molecule has 1 aromatic heterocycles. The van der Waals surface area contributed by atoms with E-state index in [1.807, 2.05) is 0 Å². The maximum Gasteiger partial charge on any atom is 0.335 e. The minimum absolute atomic E-state index is 0.0316. The summed E-state index contributed by atoms with van der Waals surface area (Å²) in [4.78, 5) is 26.5. The second kappa shape index (κ2) is 6.46. The number of carboxylic acid groups (broad SMARTS) is 1. The van der Waals surface area contributed by atoms with E-state index in [0.717, 1.165) is 11.8 Å². The fourth-order valence-corrected chi connectivity index (χ4v) is 2.16. The van der Waals surface area contributed by atoms with Crippen molar-refractivity contribution in [3.05, 3.63) is 28.8 Å². The second-order valence-electron chi connectivity index (χ2n) is 3.84. The Hall–Kier alpha value is -2.26. The van der Waals surface area contributed by atoms with Crippen LogP contribution in [-0.4, -0.2) is 37.9 Å². The number of aromatic nitrogens is 3. The van der Waals surface area contributed by atoms with E-state index < -0.39 is 5.97 Å². The minimum Gasteiger partial charge on any atom is -0.478 e. The highest BCUT2D eigenvalue weighted by Gasteiger charge is 2.11. The van der Waals surface area contributed by atoms with Gasteiger partial charge in [0, 0.05) is 0 Å². The molecule has 0 aliphatic carbocycles. The molecule has 1 amide bonds. The number of nitrogens with zero attached hydrogens (tertiary/aromatic N) is 2. The van der Waals surface area contributed by atoms with Gasteiger partial charge in [-0.15, -0.1) is 5.10 Å². The monoisotopic (exact) mass is 327 g/mol. The molecular weight excluding hydrogens is 318 g/mol. The molecule has 0 fully saturated rings. The van der Waals surface area contributed by atoms with Crippen molar-refractivity contribution in [2.75, 3.05) is 16.8 Å². The third-order valence-corrected chi connectivity index (χ3v) is 3.48. The van der Waals surface area contributed by atoms with Crippen LogP contribution in [0.15, 0.2) is 23.4 Å². The normalized spacial score (nSPS) is 10.3. The van der Waals surface area contributed by atoms with Gasteiger partial charge in [-0.1, -0.05) is 23.4 Å². The summed E-state index contributed by atoms with van der Waals surface area (Å²) in [5.74, 6) is -1.28. The second-order valence-corrected chi connectivity index (χ2v) is 5.19. The van der Waals surface area contributed by atoms with Crippen molar-refractivity contribution >= 4 is 46.9 Å². The first-order chi connectivity index (χ1) is 9.95. The van der Waals surface area contributed by atoms with Crippen LogP contribution in [-0.2, 0) is 4.79 Å². The zero-order valence-electron chi connectivity index (χ0n) is 10.5. The van der Waals surface area contributed by atoms with Crippen molar-refractivity contribution in [1.82, 2.24) is 15.2 Å². The van der Waals surface area contributed by atoms with Gasteiger partial charge in [0.05, 0.1) is 22.0 Å². The third kappa shape index (κ3) is 4.10. The topological polar surface area (TPSA) is 134 Å². The van der Waals surface area contributed by atoms with Gasteiger partial charge in [0.25, 0.3) is 0 Å². The van der Waals surface area contributed by atoms with Crippen molar-refractivity contribution in [2.45, 2.75) is 5.16 Å². The molecule has 0 unspecified atom stereocenters. The van der Waals surface area contributed by atoms with Crippen LogP contribution in [0.5, 0.6) is 0 Å². The number of carboxylic acids is 1. The zero-order chi connectivity index (χ0) is 15.4. The number of rotatable bonds is 5. The molecule has 1 heterocycles. The number of carbonyl (C=O) groups excluding carboxylic acids is 1. The maximum absolute atomic E-state index is 11.8. The predicted octanol–water partition coefficient (Wildman–Crippen LogP) is 1.47. The van der Waals surface area contributed by atoms with Gasteiger partial charge in [-0.2, -0.15) is 4.98 Å². The van der Waals surface area contributed by atoms with E-state index in [4.69, 9.17) is 22.4 Å². The van der Waals surface area contributed by atoms with Crippen LogP contribution in [0.25, 0.3) is 0 Å². The molecule has 21 heavy (non-hydrogen) atoms. The van der Waals surface area contributed by atoms with E-state index in [-0.39, 0.29) is 33.9 Å². The molecule has 2 rings (SSSR count). The summed E-state index contributed by atoms with van der Waals surface area (Å²) in [5, 5.41) is 18.2. The summed E-state index contributed by atoms with van der Waals surface area (Å²) in [5.41, 5.74) is 5.62. The smallest absolute Gasteiger partial charge is 0.335 e. The number of carbonyl (C=O) groups is 2. The highest BCUT2D eigenvalue weighted by molar-refractivity contribution is 7.99. The van der Waals surface area contributed by atoms with Gasteiger partial charge in [0.1, 0.15) is 0 Å². The maximum atomic E-state index is 11.8. The van der Waals surface area contributed by atoms with Crippen molar-refractivity contribution in [3.8, 4) is 0 Å². The highest BCUT2D eigenvalue weighted by Crippen LogP contribution is 2.23. The van der Waals surface area contributed by atoms with Gasteiger partial charge >= 0.3 is 5.97 Å². The Morgan fingerprint density at radius 1 is 1.48 bits per heavy atom. The Bertz CT molecular complexity index is 690. The van der Waals surface area contributed by atoms with E-state index in [2.05, 4.69) is 20.5 Å². The molecule has 0 radical (unpaired) electrons. The zero-order valence-corrected chi connectivity index (χ0v) is 12.0. The summed E-state index contributed by atoms with van der Waals surface area (Å²) in [6.07, 6.45) is 0. The van der Waals surface area contributed by atoms with Gasteiger partial charge in [-0.05, 0) is 18.2 Å². The molecule has 0 saturated heterocycles. The Kier molecular flexibility index (Phi) is 4.66. The Balaban J connectivity index is 1.99. The Morgan fingerprint density at radius 2 is 2.24 bits per heavy atom. The molecule has 8 nitrogen and oxygen atoms in total. The molecule has 0 atom stereocenters. The number of nitrogens with one attached hydrogen (secondary N) is 2. The average Bonchev–Trinajstić information content (AvgIpc) is 2.84. The van der Waals surface area contributed by atoms with E-state index in [0.29, 0.717) is 5.16 Å². The molecule has 5 N–H and O–H groups in total. The number of nitrogen functional groups attached to an aromatic ring is 1. The molecule has 0 aliphatic heterocycles. The number of anilines is 2. The van der Waals surface area contributed by atoms with E-state index in [1.165, 1.54) is 18.2 Å². The number of hydrogen-bond donors (Lipinski definition) is 4. The number of H-pyrrole nitrogens is 1. The standard InChI is InChI=1S/C11H10ClN5O3S/c12-6-2-1-5(9(19)20)3-7(6)14-8(18)4-21-11-15-10(13)16-17-11/h1-3H,4H2,(H,14,18)(H,19,20)(H3,13,15,16,17). The third-order valence-electron chi connectivity index (χ3n) is 2.30. The number of nitrogens with two attached hydrogens (primary N) is 1. The van der Waals surface area contributed by atoms with Gasteiger partial charge in [-0.3, -0.25) is 4.79 Å². The molecule has 10 heteroatoms. The predicted molar refractivity (Wildman–Crippen MR) is 78.6 cm³/mol. The largest absolute Gasteiger partial charge is 0.478 e. The lowest BCUT2D eigenvalue weighted by Gasteiger charge is -2.07. The van der Waals surface area contributed by atoms with Gasteiger partial charge in [-0.25, -0.2) is 9.89 Å². The van der Waals surface area contributed by atoms with E-state index in [9.17, 15) is 9.59 Å². The first kappa shape index (κ1) is 15.1. The average molecular weight is 328 g/mol. The van der Waals surface area contributed by atoms with Crippen LogP contribution in [0.1, 0.15) is 10.4 Å². The number of thioether (sulfide) groups is 1. The van der Waals surface area contributed by atoms with Crippen molar-refractivity contribution in [1.29, 1.82) is 0 Å². The molecule has 0 saturated carbocycles. The summed E-state index contributed by atoms with van der Waals surface area (Å²) < 4.78 is 0. The molecule has 1 aromatic carbocycles. The fraction of sp³-hybridized carbons (Fsp3) is 0.0909. The van der Waals surface area contributed by atoms with Crippen LogP contribution >= 0.6 is 23.4 Å². The summed E-state index contributed by atoms with van der Waals surface area (Å²) in [7, 11) is 0. The van der Waals surface area contributed by atoms with E-state index in [1.54, 1.807) is 0 Å². The SMILES string of the molecule is Nc1nc(SCC(=O)Nc2cc(C(=O)O)ccc2Cl)n[nH]1. The number of benzene rings is 1. The lowest BCUT2D eigenvalue weighted by atomic mass is 10.2. The summed E-state index contributed by atoms with van der Waals surface area (Å²) >= 11 is 6.98. The fourth-order valence-electron chi connectivity index (χ4n) is 1.39. The van der Waals surface area contributed by atoms with Crippen LogP contribution in [0.4, 0.5) is 11.6 Å². The van der Waals surface area contributed by atoms with Crippen LogP contribution in [0.2, 0.25) is 5.02 Å². The molecular formula is C11H10ClN5O3S. The van der Waals surface area contributed by atoms with Crippen molar-refractivity contribution < 1.29 is 14.7 Å². The molecule has 0 aliphatic rings. The van der Waals surface area contributed by atoms with E-state index >= 15 is 0 Å². The van der Waals surface area contributed by atoms with Crippen LogP contribution < -0.4 is 11.1 Å². The molecule has 0 bridgehead atoms. The summed E-state index contributed by atoms with van der Waals surface area (Å²) in [6, 6.07) is 4.05. The number of hydrogen-bond acceptors (Lipinski definition) is 6. The number of amides is 1. The first-order valence-electron chi connectivity index (χ1n) is 5.59. The minimum atomic E-state index is -1.10. The highest BCUT2D eigenvalue weighted by atomic mass is 35.5. The molecule has 2 aromatic rings. The molecule has 0 spiro atoms. The lowest BCUT2D eigenvalue weighted by Crippen LogP contribution is -2.15. The van der Waals surface area contributed by atoms with Gasteiger partial charge in [0.2, 0.25) is 17.0 Å². The van der Waals surface area contributed by atoms with Gasteiger partial charge < -0.3 is 16.2 Å². The van der Waals surface area contributed by atoms with Gasteiger partial charge in [0.15, 0.2) is 0 Å². The van der Waals surface area contributed by atoms with Crippen LogP contribution in [0, 0.1) is 0 Å². The summed E-state index contributed by atoms with van der Waals surface area (Å²) in [6.45, 7) is 0. The molecule has 110 valence electrons. The Labute approximate surface area is 128 Å². The number of aromatic amines is 1. The van der Waals surface area contributed by atoms with Crippen LogP contribution in [0.3, 0.4) is 0 Å². The quantitative estimate of drug-likeness (QED) is 0.611.